The predicted molar refractivity (Wildman–Crippen MR) is 60.7 cm³/mol. The van der Waals surface area contributed by atoms with Crippen LogP contribution in [0.25, 0.3) is 0 Å². The Labute approximate surface area is 94.3 Å². The van der Waals surface area contributed by atoms with E-state index in [-0.39, 0.29) is 0 Å². The van der Waals surface area contributed by atoms with Crippen molar-refractivity contribution in [2.24, 2.45) is 0 Å². The molecule has 0 amide bonds. The third kappa shape index (κ3) is 2.72. The van der Waals surface area contributed by atoms with Gasteiger partial charge >= 0.3 is 0 Å². The molecule has 16 heavy (non-hydrogen) atoms. The van der Waals surface area contributed by atoms with Crippen LogP contribution in [0.2, 0.25) is 0 Å². The standard InChI is InChI=1S/C13H14O3/c14-13(15)10-6-8-12(9-7-10)16-11-4-2-1-3-5-11/h1-6,8,13-15H,7,9H2. The van der Waals surface area contributed by atoms with Gasteiger partial charge in [-0.15, -0.1) is 0 Å². The van der Waals surface area contributed by atoms with Crippen molar-refractivity contribution in [2.75, 3.05) is 0 Å². The minimum absolute atomic E-state index is 0.621. The number of hydrogen-bond acceptors (Lipinski definition) is 3. The molecule has 0 atom stereocenters. The molecule has 0 aliphatic heterocycles. The highest BCUT2D eigenvalue weighted by molar-refractivity contribution is 5.27. The molecular formula is C13H14O3. The molecule has 2 N–H and O–H groups in total. The second-order valence-electron chi connectivity index (χ2n) is 3.66. The Kier molecular flexibility index (Phi) is 3.39. The fourth-order valence-corrected chi connectivity index (χ4v) is 1.57. The van der Waals surface area contributed by atoms with E-state index in [1.54, 1.807) is 12.2 Å². The van der Waals surface area contributed by atoms with E-state index in [4.69, 9.17) is 14.9 Å². The molecule has 1 aromatic rings. The van der Waals surface area contributed by atoms with Crippen LogP contribution in [0.1, 0.15) is 12.8 Å². The van der Waals surface area contributed by atoms with Crippen LogP contribution < -0.4 is 4.74 Å². The first-order valence-corrected chi connectivity index (χ1v) is 5.24. The Morgan fingerprint density at radius 3 is 2.31 bits per heavy atom. The van der Waals surface area contributed by atoms with Crippen LogP contribution in [0.15, 0.2) is 53.8 Å². The molecule has 0 heterocycles. The van der Waals surface area contributed by atoms with Crippen LogP contribution in [0.5, 0.6) is 5.75 Å². The third-order valence-electron chi connectivity index (χ3n) is 2.47. The van der Waals surface area contributed by atoms with E-state index in [9.17, 15) is 0 Å². The molecule has 0 fully saturated rings. The Morgan fingerprint density at radius 2 is 1.75 bits per heavy atom. The van der Waals surface area contributed by atoms with Crippen molar-refractivity contribution in [2.45, 2.75) is 19.1 Å². The lowest BCUT2D eigenvalue weighted by Gasteiger charge is -2.16. The summed E-state index contributed by atoms with van der Waals surface area (Å²) in [7, 11) is 0. The van der Waals surface area contributed by atoms with Gasteiger partial charge in [0.2, 0.25) is 0 Å². The average Bonchev–Trinajstić information content (AvgIpc) is 2.31. The number of hydrogen-bond donors (Lipinski definition) is 2. The summed E-state index contributed by atoms with van der Waals surface area (Å²) < 4.78 is 5.64. The molecule has 1 aliphatic carbocycles. The summed E-state index contributed by atoms with van der Waals surface area (Å²) in [6.07, 6.45) is 3.45. The van der Waals surface area contributed by atoms with Gasteiger partial charge in [-0.2, -0.15) is 0 Å². The summed E-state index contributed by atoms with van der Waals surface area (Å²) in [6, 6.07) is 9.54. The molecule has 3 heteroatoms. The summed E-state index contributed by atoms with van der Waals surface area (Å²) in [4.78, 5) is 0. The summed E-state index contributed by atoms with van der Waals surface area (Å²) in [6.45, 7) is 0. The minimum atomic E-state index is -1.35. The summed E-state index contributed by atoms with van der Waals surface area (Å²) in [5.74, 6) is 1.64. The molecule has 0 bridgehead atoms. The lowest BCUT2D eigenvalue weighted by atomic mass is 10.0. The highest BCUT2D eigenvalue weighted by Crippen LogP contribution is 2.23. The lowest BCUT2D eigenvalue weighted by Crippen LogP contribution is -2.11. The normalized spacial score (nSPS) is 15.7. The zero-order valence-electron chi connectivity index (χ0n) is 8.84. The zero-order chi connectivity index (χ0) is 11.4. The smallest absolute Gasteiger partial charge is 0.174 e. The monoisotopic (exact) mass is 218 g/mol. The van der Waals surface area contributed by atoms with Crippen molar-refractivity contribution >= 4 is 0 Å². The molecule has 0 radical (unpaired) electrons. The maximum Gasteiger partial charge on any atom is 0.174 e. The van der Waals surface area contributed by atoms with Gasteiger partial charge < -0.3 is 14.9 Å². The average molecular weight is 218 g/mol. The second kappa shape index (κ2) is 4.96. The van der Waals surface area contributed by atoms with E-state index >= 15 is 0 Å². The van der Waals surface area contributed by atoms with Crippen LogP contribution >= 0.6 is 0 Å². The Bertz CT molecular complexity index is 404. The van der Waals surface area contributed by atoms with Gasteiger partial charge in [0, 0.05) is 6.42 Å². The Balaban J connectivity index is 2.03. The van der Waals surface area contributed by atoms with E-state index in [1.165, 1.54) is 0 Å². The van der Waals surface area contributed by atoms with Gasteiger partial charge in [0.25, 0.3) is 0 Å². The number of allylic oxidation sites excluding steroid dienone is 3. The third-order valence-corrected chi connectivity index (χ3v) is 2.47. The van der Waals surface area contributed by atoms with Gasteiger partial charge in [-0.1, -0.05) is 24.3 Å². The van der Waals surface area contributed by atoms with Crippen molar-refractivity contribution in [3.05, 3.63) is 53.8 Å². The highest BCUT2D eigenvalue weighted by Gasteiger charge is 2.12. The number of benzene rings is 1. The number of aliphatic hydroxyl groups excluding tert-OH is 1. The van der Waals surface area contributed by atoms with Gasteiger partial charge in [0.15, 0.2) is 6.29 Å². The molecule has 0 spiro atoms. The molecule has 0 aromatic heterocycles. The number of para-hydroxylation sites is 1. The van der Waals surface area contributed by atoms with E-state index in [0.717, 1.165) is 11.5 Å². The summed E-state index contributed by atoms with van der Waals surface area (Å²) in [5, 5.41) is 17.9. The molecule has 0 unspecified atom stereocenters. The van der Waals surface area contributed by atoms with E-state index in [0.29, 0.717) is 18.4 Å². The fourth-order valence-electron chi connectivity index (χ4n) is 1.57. The number of aliphatic hydroxyl groups is 2. The second-order valence-corrected chi connectivity index (χ2v) is 3.66. The maximum atomic E-state index is 8.97. The largest absolute Gasteiger partial charge is 0.462 e. The summed E-state index contributed by atoms with van der Waals surface area (Å²) >= 11 is 0. The van der Waals surface area contributed by atoms with Crippen LogP contribution in [0.4, 0.5) is 0 Å². The van der Waals surface area contributed by atoms with E-state index < -0.39 is 6.29 Å². The fraction of sp³-hybridized carbons (Fsp3) is 0.231. The van der Waals surface area contributed by atoms with E-state index in [1.807, 2.05) is 30.3 Å². The van der Waals surface area contributed by atoms with Crippen LogP contribution in [-0.4, -0.2) is 16.5 Å². The van der Waals surface area contributed by atoms with E-state index in [2.05, 4.69) is 0 Å². The van der Waals surface area contributed by atoms with Crippen LogP contribution in [0.3, 0.4) is 0 Å². The Morgan fingerprint density at radius 1 is 1.00 bits per heavy atom. The van der Waals surface area contributed by atoms with Crippen molar-refractivity contribution in [1.29, 1.82) is 0 Å². The van der Waals surface area contributed by atoms with Gasteiger partial charge in [-0.05, 0) is 30.2 Å². The first kappa shape index (κ1) is 10.9. The SMILES string of the molecule is OC(O)C1=CC=C(Oc2ccccc2)CC1. The number of rotatable bonds is 3. The first-order valence-electron chi connectivity index (χ1n) is 5.24. The van der Waals surface area contributed by atoms with Gasteiger partial charge in [-0.3, -0.25) is 0 Å². The number of ether oxygens (including phenoxy) is 1. The quantitative estimate of drug-likeness (QED) is 0.763. The molecular weight excluding hydrogens is 204 g/mol. The van der Waals surface area contributed by atoms with Crippen molar-refractivity contribution in [3.8, 4) is 5.75 Å². The minimum Gasteiger partial charge on any atom is -0.462 e. The summed E-state index contributed by atoms with van der Waals surface area (Å²) in [5.41, 5.74) is 0.625. The van der Waals surface area contributed by atoms with Gasteiger partial charge in [0.1, 0.15) is 11.5 Å². The maximum absolute atomic E-state index is 8.97. The molecule has 3 nitrogen and oxygen atoms in total. The molecule has 1 aromatic carbocycles. The van der Waals surface area contributed by atoms with Crippen LogP contribution in [-0.2, 0) is 0 Å². The Hall–Kier alpha value is -1.58. The lowest BCUT2D eigenvalue weighted by molar-refractivity contribution is -0.0106. The van der Waals surface area contributed by atoms with Gasteiger partial charge in [-0.25, -0.2) is 0 Å². The molecule has 0 saturated carbocycles. The van der Waals surface area contributed by atoms with Crippen molar-refractivity contribution in [3.63, 3.8) is 0 Å². The molecule has 1 aliphatic rings. The van der Waals surface area contributed by atoms with Gasteiger partial charge in [0.05, 0.1) is 0 Å². The first-order chi connectivity index (χ1) is 7.75. The molecule has 2 rings (SSSR count). The predicted octanol–water partition coefficient (Wildman–Crippen LogP) is 1.98. The topological polar surface area (TPSA) is 49.7 Å². The zero-order valence-corrected chi connectivity index (χ0v) is 8.84. The highest BCUT2D eigenvalue weighted by atomic mass is 16.5. The van der Waals surface area contributed by atoms with Crippen molar-refractivity contribution < 1.29 is 14.9 Å². The molecule has 0 saturated heterocycles. The molecule has 84 valence electrons. The van der Waals surface area contributed by atoms with Crippen molar-refractivity contribution in [1.82, 2.24) is 0 Å². The van der Waals surface area contributed by atoms with Crippen LogP contribution in [0, 0.1) is 0 Å².